The number of carbonyl (C=O) groups is 2. The maximum absolute atomic E-state index is 12.5. The highest BCUT2D eigenvalue weighted by Crippen LogP contribution is 2.70. The Morgan fingerprint density at radius 2 is 1.91 bits per heavy atom. The Morgan fingerprint density at radius 3 is 2.56 bits per heavy atom. The van der Waals surface area contributed by atoms with Gasteiger partial charge < -0.3 is 25.6 Å². The number of cyclic esters (lactones) is 1. The topological polar surface area (TPSA) is 113 Å². The molecule has 4 fully saturated rings. The summed E-state index contributed by atoms with van der Waals surface area (Å²) >= 11 is 0. The highest BCUT2D eigenvalue weighted by atomic mass is 16.5. The van der Waals surface area contributed by atoms with Crippen LogP contribution in [0.5, 0.6) is 0 Å². The van der Waals surface area contributed by atoms with Crippen LogP contribution in [0, 0.1) is 34.5 Å². The van der Waals surface area contributed by atoms with Crippen molar-refractivity contribution in [2.75, 3.05) is 13.7 Å². The van der Waals surface area contributed by atoms with Gasteiger partial charge in [0.2, 0.25) is 5.91 Å². The van der Waals surface area contributed by atoms with Crippen molar-refractivity contribution in [3.63, 3.8) is 0 Å². The lowest BCUT2D eigenvalue weighted by molar-refractivity contribution is -0.243. The van der Waals surface area contributed by atoms with Crippen LogP contribution in [0.2, 0.25) is 0 Å². The molecule has 0 aromatic rings. The van der Waals surface area contributed by atoms with Gasteiger partial charge in [-0.05, 0) is 93.0 Å². The van der Waals surface area contributed by atoms with Crippen LogP contribution < -0.4 is 5.73 Å². The second-order valence-corrected chi connectivity index (χ2v) is 12.5. The third-order valence-electron chi connectivity index (χ3n) is 11.3. The smallest absolute Gasteiger partial charge is 0.331 e. The fraction of sp³-hybridized carbons (Fsp3) is 0.852. The van der Waals surface area contributed by atoms with E-state index in [2.05, 4.69) is 13.8 Å². The zero-order chi connectivity index (χ0) is 24.6. The van der Waals surface area contributed by atoms with E-state index in [1.165, 1.54) is 0 Å². The fourth-order valence-electron chi connectivity index (χ4n) is 9.22. The molecule has 5 aliphatic rings. The number of hydrogen-bond acceptors (Lipinski definition) is 6. The van der Waals surface area contributed by atoms with Gasteiger partial charge in [0, 0.05) is 24.6 Å². The number of amides is 1. The average Bonchev–Trinajstić information content (AvgIpc) is 3.34. The molecule has 1 heterocycles. The Hall–Kier alpha value is -1.44. The molecule has 4 N–H and O–H groups in total. The van der Waals surface area contributed by atoms with Gasteiger partial charge in [0.05, 0.1) is 17.7 Å². The molecule has 0 radical (unpaired) electrons. The summed E-state index contributed by atoms with van der Waals surface area (Å²) in [7, 11) is 1.88. The molecule has 0 saturated heterocycles. The Bertz CT molecular complexity index is 903. The molecular formula is C27H42N2O5. The number of hydrogen-bond donors (Lipinski definition) is 3. The quantitative estimate of drug-likeness (QED) is 0.542. The second kappa shape index (κ2) is 8.04. The van der Waals surface area contributed by atoms with Gasteiger partial charge in [-0.2, -0.15) is 0 Å². The largest absolute Gasteiger partial charge is 0.458 e. The van der Waals surface area contributed by atoms with Crippen molar-refractivity contribution in [3.8, 4) is 0 Å². The van der Waals surface area contributed by atoms with Gasteiger partial charge in [0.1, 0.15) is 6.61 Å². The van der Waals surface area contributed by atoms with Crippen LogP contribution in [-0.4, -0.2) is 64.4 Å². The van der Waals surface area contributed by atoms with Gasteiger partial charge in [-0.1, -0.05) is 13.8 Å². The van der Waals surface area contributed by atoms with E-state index in [0.717, 1.165) is 44.1 Å². The molecule has 4 aliphatic carbocycles. The van der Waals surface area contributed by atoms with E-state index in [1.807, 2.05) is 11.9 Å². The van der Waals surface area contributed by atoms with E-state index in [1.54, 1.807) is 13.0 Å². The molecular weight excluding hydrogens is 432 g/mol. The van der Waals surface area contributed by atoms with E-state index in [-0.39, 0.29) is 47.7 Å². The van der Waals surface area contributed by atoms with Crippen LogP contribution in [0.3, 0.4) is 0 Å². The minimum atomic E-state index is -0.945. The van der Waals surface area contributed by atoms with Crippen molar-refractivity contribution >= 4 is 11.9 Å². The highest BCUT2D eigenvalue weighted by molar-refractivity contribution is 5.85. The predicted molar refractivity (Wildman–Crippen MR) is 127 cm³/mol. The number of likely N-dealkylation sites (N-methyl/N-ethyl adjacent to an activating group) is 1. The number of ether oxygens (including phenoxy) is 1. The Labute approximate surface area is 203 Å². The number of nitrogens with zero attached hydrogens (tertiary/aromatic N) is 1. The zero-order valence-electron chi connectivity index (χ0n) is 21.1. The molecule has 7 heteroatoms. The third kappa shape index (κ3) is 3.19. The number of rotatable bonds is 3. The molecule has 4 saturated carbocycles. The van der Waals surface area contributed by atoms with Gasteiger partial charge in [-0.15, -0.1) is 0 Å². The molecule has 0 spiro atoms. The normalized spacial score (nSPS) is 48.8. The number of fused-ring (bicyclic) bond motifs is 5. The maximum atomic E-state index is 12.5. The Balaban J connectivity index is 1.40. The molecule has 1 amide bonds. The number of esters is 1. The van der Waals surface area contributed by atoms with Gasteiger partial charge in [-0.3, -0.25) is 4.79 Å². The third-order valence-corrected chi connectivity index (χ3v) is 11.3. The molecule has 0 aromatic carbocycles. The predicted octanol–water partition coefficient (Wildman–Crippen LogP) is 2.39. The molecule has 7 nitrogen and oxygen atoms in total. The lowest BCUT2D eigenvalue weighted by Gasteiger charge is -2.65. The van der Waals surface area contributed by atoms with E-state index < -0.39 is 23.2 Å². The number of nitrogens with two attached hydrogens (primary N) is 1. The summed E-state index contributed by atoms with van der Waals surface area (Å²) in [5, 5.41) is 24.0. The van der Waals surface area contributed by atoms with Crippen molar-refractivity contribution in [1.82, 2.24) is 4.90 Å². The van der Waals surface area contributed by atoms with E-state index in [9.17, 15) is 19.8 Å². The molecule has 0 bridgehead atoms. The first kappa shape index (κ1) is 24.3. The first-order valence-corrected chi connectivity index (χ1v) is 13.2. The van der Waals surface area contributed by atoms with E-state index in [4.69, 9.17) is 10.5 Å². The van der Waals surface area contributed by atoms with Gasteiger partial charge in [0.15, 0.2) is 0 Å². The fourth-order valence-corrected chi connectivity index (χ4v) is 9.22. The first-order valence-electron chi connectivity index (χ1n) is 13.2. The summed E-state index contributed by atoms with van der Waals surface area (Å²) in [6, 6.07) is -0.279. The Kier molecular flexibility index (Phi) is 5.74. The molecule has 10 atom stereocenters. The number of carbonyl (C=O) groups excluding carboxylic acids is 2. The molecule has 0 aromatic heterocycles. The monoisotopic (exact) mass is 474 g/mol. The summed E-state index contributed by atoms with van der Waals surface area (Å²) < 4.78 is 5.19. The highest BCUT2D eigenvalue weighted by Gasteiger charge is 2.70. The van der Waals surface area contributed by atoms with Crippen LogP contribution in [-0.2, 0) is 14.3 Å². The lowest BCUT2D eigenvalue weighted by Crippen LogP contribution is -2.67. The van der Waals surface area contributed by atoms with Crippen molar-refractivity contribution in [2.24, 2.45) is 40.2 Å². The summed E-state index contributed by atoms with van der Waals surface area (Å²) in [6.07, 6.45) is 7.97. The van der Waals surface area contributed by atoms with Crippen molar-refractivity contribution < 1.29 is 24.5 Å². The minimum absolute atomic E-state index is 0.00105. The number of aliphatic hydroxyl groups is 2. The summed E-state index contributed by atoms with van der Waals surface area (Å²) in [5.74, 6) is 0.529. The van der Waals surface area contributed by atoms with E-state index in [0.29, 0.717) is 18.8 Å². The molecule has 1 aliphatic heterocycles. The van der Waals surface area contributed by atoms with Gasteiger partial charge >= 0.3 is 5.97 Å². The lowest BCUT2D eigenvalue weighted by atomic mass is 9.42. The van der Waals surface area contributed by atoms with Crippen molar-refractivity contribution in [3.05, 3.63) is 11.6 Å². The zero-order valence-corrected chi connectivity index (χ0v) is 21.1. The van der Waals surface area contributed by atoms with Gasteiger partial charge in [0.25, 0.3) is 0 Å². The average molecular weight is 475 g/mol. The van der Waals surface area contributed by atoms with Crippen LogP contribution in [0.1, 0.15) is 72.1 Å². The van der Waals surface area contributed by atoms with Crippen LogP contribution in [0.4, 0.5) is 0 Å². The molecule has 1 unspecified atom stereocenters. The Morgan fingerprint density at radius 1 is 1.18 bits per heavy atom. The molecule has 190 valence electrons. The molecule has 34 heavy (non-hydrogen) atoms. The van der Waals surface area contributed by atoms with Crippen LogP contribution in [0.25, 0.3) is 0 Å². The van der Waals surface area contributed by atoms with E-state index >= 15 is 0 Å². The van der Waals surface area contributed by atoms with Crippen molar-refractivity contribution in [1.29, 1.82) is 0 Å². The summed E-state index contributed by atoms with van der Waals surface area (Å²) in [6.45, 7) is 6.45. The standard InChI is InChI=1S/C27H42N2O5/c1-15(28)24(32)29(4)18-7-9-25(2)17(12-18)5-6-20-21(25)13-22(30)26(3)19(8-10-27(20,26)33)16-11-23(31)34-14-16/h11,15,17-22,30,33H,5-10,12-14,28H2,1-4H3/t15?,17-,18+,19-,20-,21+,22-,25+,26+,27+/m1/s1. The van der Waals surface area contributed by atoms with Crippen molar-refractivity contribution in [2.45, 2.75) is 95.9 Å². The molecule has 5 rings (SSSR count). The van der Waals surface area contributed by atoms with Crippen LogP contribution in [0.15, 0.2) is 11.6 Å². The maximum Gasteiger partial charge on any atom is 0.331 e. The first-order chi connectivity index (χ1) is 15.9. The van der Waals surface area contributed by atoms with Gasteiger partial charge in [-0.25, -0.2) is 4.79 Å². The minimum Gasteiger partial charge on any atom is -0.458 e. The number of aliphatic hydroxyl groups excluding tert-OH is 1. The SMILES string of the molecule is CC(N)C(=O)N(C)[C@H]1CC[C@@]2(C)[C@H](CC[C@@H]3[C@@H]2C[C@@H](O)[C@]2(C)[C@@H](C4=CC(=O)OC4)CC[C@]32O)C1. The summed E-state index contributed by atoms with van der Waals surface area (Å²) in [4.78, 5) is 26.1. The summed E-state index contributed by atoms with van der Waals surface area (Å²) in [5.41, 5.74) is 5.23. The van der Waals surface area contributed by atoms with Crippen LogP contribution >= 0.6 is 0 Å². The second-order valence-electron chi connectivity index (χ2n) is 12.5.